The van der Waals surface area contributed by atoms with Gasteiger partial charge >= 0.3 is 0 Å². The standard InChI is InChI=1S/C13H18N4O/c1-3-10(2)17-12(18)6-8-16-13-11(9-14)5-4-7-15-13/h4-5,7,10H,3,6,8H2,1-2H3,(H,15,16)(H,17,18). The van der Waals surface area contributed by atoms with Crippen molar-refractivity contribution in [3.05, 3.63) is 23.9 Å². The van der Waals surface area contributed by atoms with Gasteiger partial charge in [0.25, 0.3) is 0 Å². The van der Waals surface area contributed by atoms with Crippen LogP contribution < -0.4 is 10.6 Å². The summed E-state index contributed by atoms with van der Waals surface area (Å²) in [6.45, 7) is 4.46. The van der Waals surface area contributed by atoms with Crippen molar-refractivity contribution in [2.75, 3.05) is 11.9 Å². The normalized spacial score (nSPS) is 11.4. The highest BCUT2D eigenvalue weighted by Crippen LogP contribution is 2.09. The third-order valence-electron chi connectivity index (χ3n) is 2.59. The molecule has 1 heterocycles. The Morgan fingerprint density at radius 1 is 1.61 bits per heavy atom. The highest BCUT2D eigenvalue weighted by molar-refractivity contribution is 5.76. The third kappa shape index (κ3) is 4.42. The number of pyridine rings is 1. The maximum Gasteiger partial charge on any atom is 0.221 e. The molecule has 18 heavy (non-hydrogen) atoms. The van der Waals surface area contributed by atoms with Gasteiger partial charge in [-0.25, -0.2) is 4.98 Å². The largest absolute Gasteiger partial charge is 0.368 e. The van der Waals surface area contributed by atoms with Gasteiger partial charge < -0.3 is 10.6 Å². The molecule has 0 aliphatic rings. The smallest absolute Gasteiger partial charge is 0.221 e. The number of hydrogen-bond donors (Lipinski definition) is 2. The number of carbonyl (C=O) groups is 1. The number of hydrogen-bond acceptors (Lipinski definition) is 4. The van der Waals surface area contributed by atoms with Crippen molar-refractivity contribution in [3.63, 3.8) is 0 Å². The summed E-state index contributed by atoms with van der Waals surface area (Å²) in [5.41, 5.74) is 0.486. The molecule has 1 amide bonds. The van der Waals surface area contributed by atoms with Crippen LogP contribution in [0.1, 0.15) is 32.3 Å². The van der Waals surface area contributed by atoms with Crippen molar-refractivity contribution in [2.24, 2.45) is 0 Å². The van der Waals surface area contributed by atoms with Crippen LogP contribution in [0.4, 0.5) is 5.82 Å². The van der Waals surface area contributed by atoms with E-state index < -0.39 is 0 Å². The monoisotopic (exact) mass is 246 g/mol. The molecule has 0 saturated carbocycles. The molecule has 0 saturated heterocycles. The molecule has 1 atom stereocenters. The molecule has 0 spiro atoms. The van der Waals surface area contributed by atoms with Gasteiger partial charge in [0, 0.05) is 25.2 Å². The van der Waals surface area contributed by atoms with Crippen LogP contribution in [0.2, 0.25) is 0 Å². The van der Waals surface area contributed by atoms with E-state index in [1.165, 1.54) is 0 Å². The van der Waals surface area contributed by atoms with Crippen LogP contribution in [0.3, 0.4) is 0 Å². The highest BCUT2D eigenvalue weighted by Gasteiger charge is 2.06. The number of carbonyl (C=O) groups excluding carboxylic acids is 1. The van der Waals surface area contributed by atoms with Gasteiger partial charge in [-0.3, -0.25) is 4.79 Å². The Bertz CT molecular complexity index is 439. The molecule has 1 unspecified atom stereocenters. The molecule has 0 fully saturated rings. The van der Waals surface area contributed by atoms with E-state index in [1.807, 2.05) is 19.9 Å². The summed E-state index contributed by atoms with van der Waals surface area (Å²) in [4.78, 5) is 15.6. The van der Waals surface area contributed by atoms with Crippen LogP contribution in [0.25, 0.3) is 0 Å². The Morgan fingerprint density at radius 2 is 2.39 bits per heavy atom. The molecule has 1 aromatic heterocycles. The fourth-order valence-corrected chi connectivity index (χ4v) is 1.38. The number of nitriles is 1. The second-order valence-corrected chi connectivity index (χ2v) is 4.06. The Hall–Kier alpha value is -2.09. The summed E-state index contributed by atoms with van der Waals surface area (Å²) in [5.74, 6) is 0.530. The van der Waals surface area contributed by atoms with E-state index in [0.29, 0.717) is 24.3 Å². The van der Waals surface area contributed by atoms with Gasteiger partial charge in [0.15, 0.2) is 0 Å². The molecule has 2 N–H and O–H groups in total. The minimum Gasteiger partial charge on any atom is -0.368 e. The van der Waals surface area contributed by atoms with Crippen LogP contribution in [-0.2, 0) is 4.79 Å². The zero-order valence-electron chi connectivity index (χ0n) is 10.7. The van der Waals surface area contributed by atoms with Gasteiger partial charge in [0.2, 0.25) is 5.91 Å². The van der Waals surface area contributed by atoms with E-state index in [-0.39, 0.29) is 11.9 Å². The van der Waals surface area contributed by atoms with Gasteiger partial charge in [-0.15, -0.1) is 0 Å². The molecule has 0 aliphatic heterocycles. The summed E-state index contributed by atoms with van der Waals surface area (Å²) >= 11 is 0. The molecule has 5 nitrogen and oxygen atoms in total. The Labute approximate surface area is 107 Å². The number of nitrogens with one attached hydrogen (secondary N) is 2. The van der Waals surface area contributed by atoms with Crippen LogP contribution in [-0.4, -0.2) is 23.5 Å². The maximum absolute atomic E-state index is 11.5. The molecular weight excluding hydrogens is 228 g/mol. The fourth-order valence-electron chi connectivity index (χ4n) is 1.38. The van der Waals surface area contributed by atoms with Gasteiger partial charge in [0.05, 0.1) is 5.56 Å². The minimum atomic E-state index is 0.00582. The van der Waals surface area contributed by atoms with Crippen molar-refractivity contribution >= 4 is 11.7 Å². The summed E-state index contributed by atoms with van der Waals surface area (Å²) in [6.07, 6.45) is 2.90. The van der Waals surface area contributed by atoms with E-state index in [0.717, 1.165) is 6.42 Å². The Morgan fingerprint density at radius 3 is 3.06 bits per heavy atom. The topological polar surface area (TPSA) is 77.8 Å². The molecular formula is C13H18N4O. The van der Waals surface area contributed by atoms with E-state index in [1.54, 1.807) is 18.3 Å². The Balaban J connectivity index is 2.38. The first kappa shape index (κ1) is 14.0. The molecule has 1 rings (SSSR count). The molecule has 0 bridgehead atoms. The maximum atomic E-state index is 11.5. The second kappa shape index (κ2) is 7.28. The molecule has 1 aromatic rings. The lowest BCUT2D eigenvalue weighted by molar-refractivity contribution is -0.121. The summed E-state index contributed by atoms with van der Waals surface area (Å²) < 4.78 is 0. The number of nitrogens with zero attached hydrogens (tertiary/aromatic N) is 2. The van der Waals surface area contributed by atoms with E-state index in [2.05, 4.69) is 15.6 Å². The minimum absolute atomic E-state index is 0.00582. The van der Waals surface area contributed by atoms with Gasteiger partial charge in [0.1, 0.15) is 11.9 Å². The molecule has 0 aliphatic carbocycles. The lowest BCUT2D eigenvalue weighted by Crippen LogP contribution is -2.33. The molecule has 96 valence electrons. The average molecular weight is 246 g/mol. The number of amides is 1. The summed E-state index contributed by atoms with van der Waals surface area (Å²) in [7, 11) is 0. The van der Waals surface area contributed by atoms with Crippen LogP contribution in [0.5, 0.6) is 0 Å². The summed E-state index contributed by atoms with van der Waals surface area (Å²) in [6, 6.07) is 5.64. The summed E-state index contributed by atoms with van der Waals surface area (Å²) in [5, 5.41) is 14.7. The molecule has 5 heteroatoms. The quantitative estimate of drug-likeness (QED) is 0.800. The third-order valence-corrected chi connectivity index (χ3v) is 2.59. The van der Waals surface area contributed by atoms with Gasteiger partial charge in [-0.1, -0.05) is 6.92 Å². The van der Waals surface area contributed by atoms with Crippen molar-refractivity contribution in [3.8, 4) is 6.07 Å². The van der Waals surface area contributed by atoms with E-state index in [4.69, 9.17) is 5.26 Å². The number of anilines is 1. The van der Waals surface area contributed by atoms with Crippen LogP contribution in [0.15, 0.2) is 18.3 Å². The van der Waals surface area contributed by atoms with Crippen LogP contribution in [0, 0.1) is 11.3 Å². The Kier molecular flexibility index (Phi) is 5.65. The average Bonchev–Trinajstić information content (AvgIpc) is 2.39. The fraction of sp³-hybridized carbons (Fsp3) is 0.462. The predicted octanol–water partition coefficient (Wildman–Crippen LogP) is 1.67. The van der Waals surface area contributed by atoms with Crippen molar-refractivity contribution in [2.45, 2.75) is 32.7 Å². The lowest BCUT2D eigenvalue weighted by atomic mass is 10.2. The SMILES string of the molecule is CCC(C)NC(=O)CCNc1ncccc1C#N. The first-order valence-electron chi connectivity index (χ1n) is 6.05. The predicted molar refractivity (Wildman–Crippen MR) is 70.0 cm³/mol. The first-order valence-corrected chi connectivity index (χ1v) is 6.05. The zero-order chi connectivity index (χ0) is 13.4. The van der Waals surface area contributed by atoms with Crippen molar-refractivity contribution < 1.29 is 4.79 Å². The second-order valence-electron chi connectivity index (χ2n) is 4.06. The van der Waals surface area contributed by atoms with Gasteiger partial charge in [-0.2, -0.15) is 5.26 Å². The lowest BCUT2D eigenvalue weighted by Gasteiger charge is -2.11. The number of aromatic nitrogens is 1. The van der Waals surface area contributed by atoms with E-state index in [9.17, 15) is 4.79 Å². The first-order chi connectivity index (χ1) is 8.67. The molecule has 0 radical (unpaired) electrons. The van der Waals surface area contributed by atoms with E-state index >= 15 is 0 Å². The van der Waals surface area contributed by atoms with Crippen molar-refractivity contribution in [1.29, 1.82) is 5.26 Å². The zero-order valence-corrected chi connectivity index (χ0v) is 10.7. The number of rotatable bonds is 6. The van der Waals surface area contributed by atoms with Crippen molar-refractivity contribution in [1.82, 2.24) is 10.3 Å². The molecule has 0 aromatic carbocycles. The van der Waals surface area contributed by atoms with Gasteiger partial charge in [-0.05, 0) is 25.5 Å². The van der Waals surface area contributed by atoms with Crippen LogP contribution >= 0.6 is 0 Å². The highest BCUT2D eigenvalue weighted by atomic mass is 16.1.